The highest BCUT2D eigenvalue weighted by molar-refractivity contribution is 6.36. The van der Waals surface area contributed by atoms with Crippen LogP contribution in [0, 0.1) is 0 Å². The third-order valence-electron chi connectivity index (χ3n) is 11.8. The van der Waals surface area contributed by atoms with Crippen molar-refractivity contribution in [2.75, 3.05) is 21.3 Å². The number of carbonyl (C=O) groups is 4. The highest BCUT2D eigenvalue weighted by Gasteiger charge is 2.40. The van der Waals surface area contributed by atoms with E-state index < -0.39 is 23.6 Å². The van der Waals surface area contributed by atoms with E-state index in [9.17, 15) is 19.2 Å². The molecule has 7 aromatic carbocycles. The van der Waals surface area contributed by atoms with Crippen molar-refractivity contribution in [2.24, 2.45) is 0 Å². The molecule has 0 atom stereocenters. The Morgan fingerprint density at radius 3 is 1.27 bits per heavy atom. The number of hydrogen-bond donors (Lipinski definition) is 2. The van der Waals surface area contributed by atoms with Gasteiger partial charge in [-0.15, -0.1) is 0 Å². The summed E-state index contributed by atoms with van der Waals surface area (Å²) in [6.07, 6.45) is -1.20. The zero-order valence-corrected chi connectivity index (χ0v) is 40.3. The summed E-state index contributed by atoms with van der Waals surface area (Å²) in [6, 6.07) is 39.6. The lowest BCUT2D eigenvalue weighted by molar-refractivity contribution is 0.0909. The molecule has 12 heteroatoms. The second-order valence-corrected chi connectivity index (χ2v) is 18.5. The van der Waals surface area contributed by atoms with E-state index in [1.165, 1.54) is 9.80 Å². The van der Waals surface area contributed by atoms with Gasteiger partial charge in [-0.3, -0.25) is 19.2 Å². The Kier molecular flexibility index (Phi) is 12.4. The number of nitrogens with two attached hydrogens (primary N) is 2. The van der Waals surface area contributed by atoms with Gasteiger partial charge in [-0.1, -0.05) is 42.5 Å². The standard InChI is InChI=1S/C58H54N4O8/c1-31(2)67-51-30-42(61-55(63)46-21-13-37(27-48(46)57(61)65)35-9-16-40(59)17-10-35)20-23-44(51)45-25-24-43(53(69-33(5)6)54(45)70-34(7)8)39-15-26-50(52(29-39)68-32(3)4)62-56(64)47-22-14-38(28-49(47)58(62)66)36-11-18-41(60)19-12-36/h9-34H,59-60H2,1-8H3. The van der Waals surface area contributed by atoms with E-state index in [0.717, 1.165) is 22.3 Å². The average molecular weight is 935 g/mol. The Labute approximate surface area is 407 Å². The largest absolute Gasteiger partial charge is 0.490 e. The molecule has 354 valence electrons. The fourth-order valence-electron chi connectivity index (χ4n) is 8.79. The zero-order chi connectivity index (χ0) is 49.7. The first kappa shape index (κ1) is 46.7. The monoisotopic (exact) mass is 934 g/mol. The van der Waals surface area contributed by atoms with Crippen LogP contribution in [0.3, 0.4) is 0 Å². The molecule has 2 aliphatic rings. The number of fused-ring (bicyclic) bond motifs is 2. The van der Waals surface area contributed by atoms with Gasteiger partial charge in [0, 0.05) is 34.1 Å². The van der Waals surface area contributed by atoms with Crippen molar-refractivity contribution in [3.8, 4) is 67.5 Å². The predicted octanol–water partition coefficient (Wildman–Crippen LogP) is 12.3. The summed E-state index contributed by atoms with van der Waals surface area (Å²) in [5.41, 5.74) is 20.8. The molecule has 9 rings (SSSR count). The van der Waals surface area contributed by atoms with E-state index in [1.807, 2.05) is 122 Å². The minimum Gasteiger partial charge on any atom is -0.490 e. The first-order chi connectivity index (χ1) is 33.5. The quantitative estimate of drug-likeness (QED) is 0.0792. The van der Waals surface area contributed by atoms with Crippen LogP contribution in [0.15, 0.2) is 133 Å². The van der Waals surface area contributed by atoms with E-state index in [1.54, 1.807) is 66.7 Å². The first-order valence-electron chi connectivity index (χ1n) is 23.4. The second-order valence-electron chi connectivity index (χ2n) is 18.5. The van der Waals surface area contributed by atoms with Crippen LogP contribution in [-0.4, -0.2) is 48.0 Å². The molecule has 4 amide bonds. The highest BCUT2D eigenvalue weighted by atomic mass is 16.5. The fourth-order valence-corrected chi connectivity index (χ4v) is 8.79. The lowest BCUT2D eigenvalue weighted by Crippen LogP contribution is -2.30. The Morgan fingerprint density at radius 2 is 0.743 bits per heavy atom. The molecular weight excluding hydrogens is 881 g/mol. The number of hydrogen-bond acceptors (Lipinski definition) is 10. The Balaban J connectivity index is 1.11. The van der Waals surface area contributed by atoms with Gasteiger partial charge in [-0.05, 0) is 168 Å². The summed E-state index contributed by atoms with van der Waals surface area (Å²) >= 11 is 0. The number of amides is 4. The number of carbonyl (C=O) groups excluding carboxylic acids is 4. The molecule has 0 radical (unpaired) electrons. The molecule has 70 heavy (non-hydrogen) atoms. The molecule has 0 aromatic heterocycles. The van der Waals surface area contributed by atoms with Crippen molar-refractivity contribution < 1.29 is 38.1 Å². The molecule has 0 saturated heterocycles. The Morgan fingerprint density at radius 1 is 0.343 bits per heavy atom. The van der Waals surface area contributed by atoms with Crippen LogP contribution in [0.5, 0.6) is 23.0 Å². The molecule has 0 unspecified atom stereocenters. The molecule has 7 aromatic rings. The van der Waals surface area contributed by atoms with E-state index in [2.05, 4.69) is 0 Å². The number of rotatable bonds is 14. The molecule has 0 aliphatic carbocycles. The molecule has 2 heterocycles. The van der Waals surface area contributed by atoms with Gasteiger partial charge < -0.3 is 30.4 Å². The zero-order valence-electron chi connectivity index (χ0n) is 40.3. The first-order valence-corrected chi connectivity index (χ1v) is 23.4. The SMILES string of the molecule is CC(C)Oc1cc(N2C(=O)c3ccc(-c4ccc(N)cc4)cc3C2=O)ccc1-c1ccc(-c2ccc(N3C(=O)c4ccc(-c5ccc(N)cc5)cc4C3=O)c(OC(C)C)c2)c(OC(C)C)c1OC(C)C. The summed E-state index contributed by atoms with van der Waals surface area (Å²) in [7, 11) is 0. The fraction of sp³-hybridized carbons (Fsp3) is 0.207. The lowest BCUT2D eigenvalue weighted by Gasteiger charge is -2.25. The van der Waals surface area contributed by atoms with Gasteiger partial charge in [0.2, 0.25) is 0 Å². The molecular formula is C58H54N4O8. The van der Waals surface area contributed by atoms with Gasteiger partial charge in [0.25, 0.3) is 23.6 Å². The van der Waals surface area contributed by atoms with Crippen molar-refractivity contribution in [1.29, 1.82) is 0 Å². The molecule has 0 spiro atoms. The number of imide groups is 2. The van der Waals surface area contributed by atoms with Crippen LogP contribution in [0.1, 0.15) is 96.8 Å². The molecule has 0 bridgehead atoms. The van der Waals surface area contributed by atoms with E-state index in [-0.39, 0.29) is 24.4 Å². The van der Waals surface area contributed by atoms with Crippen LogP contribution in [0.25, 0.3) is 44.5 Å². The van der Waals surface area contributed by atoms with Gasteiger partial charge in [-0.2, -0.15) is 0 Å². The van der Waals surface area contributed by atoms with Crippen molar-refractivity contribution in [2.45, 2.75) is 79.8 Å². The van der Waals surface area contributed by atoms with Crippen LogP contribution in [0.4, 0.5) is 22.7 Å². The van der Waals surface area contributed by atoms with Crippen LogP contribution < -0.4 is 40.2 Å². The Hall–Kier alpha value is -8.38. The van der Waals surface area contributed by atoms with Crippen LogP contribution in [0.2, 0.25) is 0 Å². The van der Waals surface area contributed by atoms with Crippen molar-refractivity contribution >= 4 is 46.4 Å². The van der Waals surface area contributed by atoms with Gasteiger partial charge >= 0.3 is 0 Å². The van der Waals surface area contributed by atoms with Crippen molar-refractivity contribution in [3.05, 3.63) is 156 Å². The predicted molar refractivity (Wildman–Crippen MR) is 275 cm³/mol. The summed E-state index contributed by atoms with van der Waals surface area (Å²) in [6.45, 7) is 15.3. The summed E-state index contributed by atoms with van der Waals surface area (Å²) < 4.78 is 26.2. The normalized spacial score (nSPS) is 13.3. The smallest absolute Gasteiger partial charge is 0.266 e. The lowest BCUT2D eigenvalue weighted by atomic mass is 9.96. The highest BCUT2D eigenvalue weighted by Crippen LogP contribution is 2.50. The number of nitrogens with zero attached hydrogens (tertiary/aromatic N) is 2. The number of nitrogen functional groups attached to an aromatic ring is 2. The minimum absolute atomic E-state index is 0.287. The summed E-state index contributed by atoms with van der Waals surface area (Å²) in [5.74, 6) is -0.180. The van der Waals surface area contributed by atoms with Crippen LogP contribution >= 0.6 is 0 Å². The van der Waals surface area contributed by atoms with E-state index >= 15 is 0 Å². The van der Waals surface area contributed by atoms with Crippen molar-refractivity contribution in [3.63, 3.8) is 0 Å². The molecule has 2 aliphatic heterocycles. The molecule has 12 nitrogen and oxygen atoms in total. The van der Waals surface area contributed by atoms with E-state index in [4.69, 9.17) is 30.4 Å². The molecule has 0 saturated carbocycles. The maximum atomic E-state index is 14.2. The summed E-state index contributed by atoms with van der Waals surface area (Å²) in [4.78, 5) is 58.7. The number of benzene rings is 7. The Bertz CT molecular complexity index is 3230. The van der Waals surface area contributed by atoms with Gasteiger partial charge in [0.1, 0.15) is 11.5 Å². The van der Waals surface area contributed by atoms with Crippen LogP contribution in [-0.2, 0) is 0 Å². The number of ether oxygens (including phenoxy) is 4. The topological polar surface area (TPSA) is 164 Å². The van der Waals surface area contributed by atoms with Crippen molar-refractivity contribution in [1.82, 2.24) is 0 Å². The van der Waals surface area contributed by atoms with Gasteiger partial charge in [-0.25, -0.2) is 9.80 Å². The maximum Gasteiger partial charge on any atom is 0.266 e. The van der Waals surface area contributed by atoms with E-state index in [0.29, 0.717) is 90.3 Å². The maximum absolute atomic E-state index is 14.2. The average Bonchev–Trinajstić information content (AvgIpc) is 3.72. The van der Waals surface area contributed by atoms with Gasteiger partial charge in [0.05, 0.1) is 58.0 Å². The third-order valence-corrected chi connectivity index (χ3v) is 11.8. The molecule has 0 fully saturated rings. The summed E-state index contributed by atoms with van der Waals surface area (Å²) in [5, 5.41) is 0. The third kappa shape index (κ3) is 8.80. The molecule has 4 N–H and O–H groups in total. The van der Waals surface area contributed by atoms with Gasteiger partial charge in [0.15, 0.2) is 11.5 Å². The minimum atomic E-state index is -0.462. The second kappa shape index (κ2) is 18.6. The number of anilines is 4.